The maximum atomic E-state index is 2.45. The molecule has 0 N–H and O–H groups in total. The van der Waals surface area contributed by atoms with Crippen molar-refractivity contribution in [2.75, 3.05) is 4.90 Å². The molecule has 1 heterocycles. The van der Waals surface area contributed by atoms with Crippen molar-refractivity contribution < 1.29 is 0 Å². The van der Waals surface area contributed by atoms with E-state index in [0.717, 1.165) is 17.1 Å². The van der Waals surface area contributed by atoms with E-state index in [1.807, 2.05) is 11.3 Å². The van der Waals surface area contributed by atoms with Gasteiger partial charge in [0, 0.05) is 42.5 Å². The maximum Gasteiger partial charge on any atom is 0.0540 e. The molecule has 0 radical (unpaired) electrons. The molecule has 1 nitrogen and oxygen atoms in total. The van der Waals surface area contributed by atoms with Gasteiger partial charge in [-0.15, -0.1) is 11.3 Å². The fourth-order valence-corrected chi connectivity index (χ4v) is 9.37. The van der Waals surface area contributed by atoms with E-state index in [-0.39, 0.29) is 5.41 Å². The molecule has 0 saturated heterocycles. The van der Waals surface area contributed by atoms with Crippen LogP contribution in [0.25, 0.3) is 64.0 Å². The van der Waals surface area contributed by atoms with Crippen molar-refractivity contribution in [1.29, 1.82) is 0 Å². The molecule has 1 aliphatic rings. The predicted molar refractivity (Wildman–Crippen MR) is 212 cm³/mol. The minimum absolute atomic E-state index is 0.0371. The summed E-state index contributed by atoms with van der Waals surface area (Å²) in [6.07, 6.45) is 0. The van der Waals surface area contributed by atoms with E-state index >= 15 is 0 Å². The third-order valence-electron chi connectivity index (χ3n) is 10.6. The van der Waals surface area contributed by atoms with Crippen LogP contribution >= 0.6 is 11.3 Å². The Kier molecular flexibility index (Phi) is 6.16. The molecule has 1 aliphatic carbocycles. The number of hydrogen-bond acceptors (Lipinski definition) is 2. The lowest BCUT2D eigenvalue weighted by molar-refractivity contribution is 0.661. The van der Waals surface area contributed by atoms with Crippen LogP contribution in [-0.2, 0) is 5.41 Å². The summed E-state index contributed by atoms with van der Waals surface area (Å²) in [4.78, 5) is 2.45. The number of fused-ring (bicyclic) bond motifs is 10. The Hall–Kier alpha value is -5.70. The van der Waals surface area contributed by atoms with E-state index in [9.17, 15) is 0 Å². The number of nitrogens with zero attached hydrogens (tertiary/aromatic N) is 1. The van der Waals surface area contributed by atoms with Crippen LogP contribution in [0.2, 0.25) is 0 Å². The fourth-order valence-electron chi connectivity index (χ4n) is 8.28. The van der Waals surface area contributed by atoms with Crippen molar-refractivity contribution in [2.24, 2.45) is 0 Å². The fraction of sp³-hybridized carbons (Fsp3) is 0.0638. The number of anilines is 3. The summed E-state index contributed by atoms with van der Waals surface area (Å²) in [5.74, 6) is 0. The molecule has 0 amide bonds. The standard InChI is InChI=1S/C47H33NS/c1-47(2)40-17-9-6-16-38(40)46-41(47)26-22-31-20-21-32-28-33(23-25-36(32)45(31)46)48(42-18-10-7-14-35(42)30-12-4-3-5-13-30)34-24-27-44-39(29-34)37-15-8-11-19-43(37)49-44/h3-29H,1-2H3. The highest BCUT2D eigenvalue weighted by Gasteiger charge is 2.36. The molecule has 10 rings (SSSR count). The molecule has 8 aromatic carbocycles. The third kappa shape index (κ3) is 4.24. The molecular formula is C47H33NS. The molecule has 9 aromatic rings. The van der Waals surface area contributed by atoms with Crippen LogP contribution in [0.3, 0.4) is 0 Å². The summed E-state index contributed by atoms with van der Waals surface area (Å²) in [6.45, 7) is 4.73. The van der Waals surface area contributed by atoms with Gasteiger partial charge in [0.05, 0.1) is 5.69 Å². The SMILES string of the molecule is CC1(C)c2ccccc2-c2c1ccc1ccc3cc(N(c4ccc5sc6ccccc6c5c4)c4ccccc4-c4ccccc4)ccc3c21. The second-order valence-electron chi connectivity index (χ2n) is 13.7. The van der Waals surface area contributed by atoms with E-state index in [1.165, 1.54) is 75.1 Å². The van der Waals surface area contributed by atoms with Crippen molar-refractivity contribution in [2.45, 2.75) is 19.3 Å². The van der Waals surface area contributed by atoms with E-state index in [2.05, 4.69) is 183 Å². The Bertz CT molecular complexity index is 2750. The van der Waals surface area contributed by atoms with Crippen molar-refractivity contribution >= 4 is 70.1 Å². The van der Waals surface area contributed by atoms with Crippen LogP contribution in [0.1, 0.15) is 25.0 Å². The van der Waals surface area contributed by atoms with Gasteiger partial charge in [-0.1, -0.05) is 135 Å². The van der Waals surface area contributed by atoms with Crippen molar-refractivity contribution in [3.8, 4) is 22.3 Å². The van der Waals surface area contributed by atoms with E-state index in [0.29, 0.717) is 0 Å². The first-order valence-corrected chi connectivity index (χ1v) is 17.8. The van der Waals surface area contributed by atoms with Gasteiger partial charge in [-0.25, -0.2) is 0 Å². The van der Waals surface area contributed by atoms with Gasteiger partial charge in [-0.05, 0) is 91.8 Å². The average molecular weight is 644 g/mol. The average Bonchev–Trinajstić information content (AvgIpc) is 3.64. The Morgan fingerprint density at radius 1 is 0.469 bits per heavy atom. The van der Waals surface area contributed by atoms with Gasteiger partial charge in [0.25, 0.3) is 0 Å². The molecular weight excluding hydrogens is 611 g/mol. The summed E-state index contributed by atoms with van der Waals surface area (Å²) >= 11 is 1.86. The van der Waals surface area contributed by atoms with E-state index in [1.54, 1.807) is 0 Å². The van der Waals surface area contributed by atoms with Gasteiger partial charge < -0.3 is 4.90 Å². The minimum atomic E-state index is -0.0371. The highest BCUT2D eigenvalue weighted by molar-refractivity contribution is 7.25. The highest BCUT2D eigenvalue weighted by Crippen LogP contribution is 2.53. The zero-order chi connectivity index (χ0) is 32.7. The number of para-hydroxylation sites is 1. The van der Waals surface area contributed by atoms with Gasteiger partial charge in [0.15, 0.2) is 0 Å². The molecule has 2 heteroatoms. The van der Waals surface area contributed by atoms with Gasteiger partial charge in [-0.2, -0.15) is 0 Å². The number of hydrogen-bond donors (Lipinski definition) is 0. The van der Waals surface area contributed by atoms with Crippen molar-refractivity contribution in [3.05, 3.63) is 175 Å². The smallest absolute Gasteiger partial charge is 0.0540 e. The summed E-state index contributed by atoms with van der Waals surface area (Å²) < 4.78 is 2.63. The molecule has 0 unspecified atom stereocenters. The molecule has 0 atom stereocenters. The molecule has 0 spiro atoms. The molecule has 0 bridgehead atoms. The van der Waals surface area contributed by atoms with Crippen molar-refractivity contribution in [3.63, 3.8) is 0 Å². The first-order valence-electron chi connectivity index (χ1n) is 17.0. The number of rotatable bonds is 4. The summed E-state index contributed by atoms with van der Waals surface area (Å²) in [7, 11) is 0. The maximum absolute atomic E-state index is 2.45. The zero-order valence-electron chi connectivity index (χ0n) is 27.4. The highest BCUT2D eigenvalue weighted by atomic mass is 32.1. The first-order chi connectivity index (χ1) is 24.1. The molecule has 0 saturated carbocycles. The van der Waals surface area contributed by atoms with E-state index < -0.39 is 0 Å². The zero-order valence-corrected chi connectivity index (χ0v) is 28.3. The lowest BCUT2D eigenvalue weighted by Crippen LogP contribution is -2.14. The summed E-state index contributed by atoms with van der Waals surface area (Å²) in [5.41, 5.74) is 11.4. The molecule has 49 heavy (non-hydrogen) atoms. The Labute approximate surface area is 290 Å². The summed E-state index contributed by atoms with van der Waals surface area (Å²) in [5, 5.41) is 7.77. The summed E-state index contributed by atoms with van der Waals surface area (Å²) in [6, 6.07) is 60.6. The first kappa shape index (κ1) is 28.3. The number of benzene rings is 8. The van der Waals surface area contributed by atoms with E-state index in [4.69, 9.17) is 0 Å². The molecule has 0 fully saturated rings. The van der Waals surface area contributed by atoms with Crippen LogP contribution in [0.5, 0.6) is 0 Å². The largest absolute Gasteiger partial charge is 0.310 e. The molecule has 232 valence electrons. The van der Waals surface area contributed by atoms with Gasteiger partial charge >= 0.3 is 0 Å². The normalized spacial score (nSPS) is 13.3. The van der Waals surface area contributed by atoms with Gasteiger partial charge in [0.1, 0.15) is 0 Å². The monoisotopic (exact) mass is 643 g/mol. The molecule has 1 aromatic heterocycles. The Balaban J connectivity index is 1.23. The third-order valence-corrected chi connectivity index (χ3v) is 11.8. The minimum Gasteiger partial charge on any atom is -0.310 e. The van der Waals surface area contributed by atoms with Gasteiger partial charge in [-0.3, -0.25) is 0 Å². The van der Waals surface area contributed by atoms with Crippen LogP contribution in [-0.4, -0.2) is 0 Å². The lowest BCUT2D eigenvalue weighted by atomic mass is 9.82. The van der Waals surface area contributed by atoms with Crippen molar-refractivity contribution in [1.82, 2.24) is 0 Å². The topological polar surface area (TPSA) is 3.24 Å². The van der Waals surface area contributed by atoms with Crippen LogP contribution in [0.4, 0.5) is 17.1 Å². The molecule has 0 aliphatic heterocycles. The Morgan fingerprint density at radius 3 is 2.04 bits per heavy atom. The second-order valence-corrected chi connectivity index (χ2v) is 14.8. The van der Waals surface area contributed by atoms with Crippen LogP contribution in [0.15, 0.2) is 164 Å². The van der Waals surface area contributed by atoms with Crippen LogP contribution in [0, 0.1) is 0 Å². The quantitative estimate of drug-likeness (QED) is 0.173. The second kappa shape index (κ2) is 10.7. The Morgan fingerprint density at radius 2 is 1.14 bits per heavy atom. The predicted octanol–water partition coefficient (Wildman–Crippen LogP) is 13.8. The lowest BCUT2D eigenvalue weighted by Gasteiger charge is -2.28. The van der Waals surface area contributed by atoms with Crippen LogP contribution < -0.4 is 4.90 Å². The van der Waals surface area contributed by atoms with Gasteiger partial charge in [0.2, 0.25) is 0 Å². The number of thiophene rings is 1.